The van der Waals surface area contributed by atoms with Crippen molar-refractivity contribution in [1.82, 2.24) is 0 Å². The van der Waals surface area contributed by atoms with Crippen molar-refractivity contribution in [3.05, 3.63) is 53.6 Å². The van der Waals surface area contributed by atoms with Crippen LogP contribution in [-0.2, 0) is 9.53 Å². The Labute approximate surface area is 140 Å². The number of benzene rings is 2. The van der Waals surface area contributed by atoms with Crippen molar-refractivity contribution in [1.29, 1.82) is 0 Å². The van der Waals surface area contributed by atoms with Gasteiger partial charge in [0.2, 0.25) is 0 Å². The Morgan fingerprint density at radius 1 is 1.12 bits per heavy atom. The first kappa shape index (κ1) is 17.3. The van der Waals surface area contributed by atoms with Gasteiger partial charge in [-0.2, -0.15) is 0 Å². The fourth-order valence-electron chi connectivity index (χ4n) is 1.98. The van der Waals surface area contributed by atoms with Crippen molar-refractivity contribution in [3.8, 4) is 5.75 Å². The number of ether oxygens (including phenoxy) is 2. The quantitative estimate of drug-likeness (QED) is 0.628. The van der Waals surface area contributed by atoms with E-state index in [-0.39, 0.29) is 24.9 Å². The van der Waals surface area contributed by atoms with Crippen molar-refractivity contribution in [2.75, 3.05) is 24.3 Å². The Hall–Kier alpha value is -3.02. The van der Waals surface area contributed by atoms with Crippen molar-refractivity contribution in [3.63, 3.8) is 0 Å². The normalized spacial score (nSPS) is 10.1. The number of rotatable bonds is 6. The van der Waals surface area contributed by atoms with Crippen LogP contribution in [0.15, 0.2) is 42.5 Å². The van der Waals surface area contributed by atoms with E-state index in [1.54, 1.807) is 19.1 Å². The average Bonchev–Trinajstić information content (AvgIpc) is 2.56. The first-order valence-corrected chi connectivity index (χ1v) is 7.55. The number of esters is 1. The molecule has 2 aromatic carbocycles. The highest BCUT2D eigenvalue weighted by molar-refractivity contribution is 5.92. The third-order valence-corrected chi connectivity index (χ3v) is 3.22. The number of anilines is 2. The zero-order valence-electron chi connectivity index (χ0n) is 13.7. The maximum atomic E-state index is 11.9. The summed E-state index contributed by atoms with van der Waals surface area (Å²) < 4.78 is 10.3. The molecule has 0 aromatic heterocycles. The van der Waals surface area contributed by atoms with Crippen LogP contribution in [0.4, 0.5) is 11.4 Å². The standard InChI is InChI=1S/C18H20N2O4/c1-3-23-18(22)13-6-9-15(19)16(10-13)24-11-17(21)20-14-7-4-12(2)5-8-14/h4-10H,3,11,19H2,1-2H3,(H,20,21). The molecule has 0 aliphatic heterocycles. The summed E-state index contributed by atoms with van der Waals surface area (Å²) in [6, 6.07) is 12.0. The van der Waals surface area contributed by atoms with Crippen LogP contribution in [-0.4, -0.2) is 25.1 Å². The summed E-state index contributed by atoms with van der Waals surface area (Å²) in [4.78, 5) is 23.7. The van der Waals surface area contributed by atoms with Gasteiger partial charge in [0, 0.05) is 5.69 Å². The molecule has 0 radical (unpaired) electrons. The molecule has 0 spiro atoms. The summed E-state index contributed by atoms with van der Waals surface area (Å²) in [5.41, 5.74) is 8.26. The van der Waals surface area contributed by atoms with Gasteiger partial charge in [0.25, 0.3) is 5.91 Å². The molecular weight excluding hydrogens is 308 g/mol. The monoisotopic (exact) mass is 328 g/mol. The number of carbonyl (C=O) groups is 2. The Kier molecular flexibility index (Phi) is 5.78. The minimum absolute atomic E-state index is 0.218. The molecular formula is C18H20N2O4. The van der Waals surface area contributed by atoms with Gasteiger partial charge in [-0.25, -0.2) is 4.79 Å². The summed E-state index contributed by atoms with van der Waals surface area (Å²) >= 11 is 0. The lowest BCUT2D eigenvalue weighted by Gasteiger charge is -2.11. The lowest BCUT2D eigenvalue weighted by molar-refractivity contribution is -0.118. The fraction of sp³-hybridized carbons (Fsp3) is 0.222. The molecule has 24 heavy (non-hydrogen) atoms. The Balaban J connectivity index is 1.97. The number of hydrogen-bond acceptors (Lipinski definition) is 5. The maximum absolute atomic E-state index is 11.9. The van der Waals surface area contributed by atoms with Gasteiger partial charge in [0.1, 0.15) is 5.75 Å². The second kappa shape index (κ2) is 8.01. The van der Waals surface area contributed by atoms with Crippen molar-refractivity contribution in [2.45, 2.75) is 13.8 Å². The lowest BCUT2D eigenvalue weighted by Crippen LogP contribution is -2.20. The number of nitrogen functional groups attached to an aromatic ring is 1. The smallest absolute Gasteiger partial charge is 0.338 e. The molecule has 2 aromatic rings. The molecule has 1 amide bonds. The van der Waals surface area contributed by atoms with E-state index in [1.165, 1.54) is 6.07 Å². The first-order valence-electron chi connectivity index (χ1n) is 7.55. The number of carbonyl (C=O) groups excluding carboxylic acids is 2. The zero-order valence-corrected chi connectivity index (χ0v) is 13.7. The van der Waals surface area contributed by atoms with E-state index in [0.29, 0.717) is 16.9 Å². The van der Waals surface area contributed by atoms with Gasteiger partial charge in [0.15, 0.2) is 6.61 Å². The van der Waals surface area contributed by atoms with E-state index in [2.05, 4.69) is 5.32 Å². The summed E-state index contributed by atoms with van der Waals surface area (Å²) in [7, 11) is 0. The predicted octanol–water partition coefficient (Wildman–Crippen LogP) is 2.77. The SMILES string of the molecule is CCOC(=O)c1ccc(N)c(OCC(=O)Nc2ccc(C)cc2)c1. The van der Waals surface area contributed by atoms with Crippen molar-refractivity contribution in [2.24, 2.45) is 0 Å². The molecule has 0 heterocycles. The minimum atomic E-state index is -0.466. The maximum Gasteiger partial charge on any atom is 0.338 e. The number of amides is 1. The van der Waals surface area contributed by atoms with Gasteiger partial charge in [-0.05, 0) is 44.2 Å². The highest BCUT2D eigenvalue weighted by Gasteiger charge is 2.11. The fourth-order valence-corrected chi connectivity index (χ4v) is 1.98. The van der Waals surface area contributed by atoms with Gasteiger partial charge in [0.05, 0.1) is 17.9 Å². The van der Waals surface area contributed by atoms with E-state index in [0.717, 1.165) is 5.56 Å². The molecule has 3 N–H and O–H groups in total. The number of hydrogen-bond donors (Lipinski definition) is 2. The Morgan fingerprint density at radius 2 is 1.83 bits per heavy atom. The molecule has 0 bridgehead atoms. The van der Waals surface area contributed by atoms with E-state index < -0.39 is 5.97 Å². The molecule has 0 aliphatic carbocycles. The van der Waals surface area contributed by atoms with Gasteiger partial charge in [-0.3, -0.25) is 4.79 Å². The molecule has 0 fully saturated rings. The van der Waals surface area contributed by atoms with Gasteiger partial charge in [-0.1, -0.05) is 17.7 Å². The topological polar surface area (TPSA) is 90.7 Å². The largest absolute Gasteiger partial charge is 0.482 e. The van der Waals surface area contributed by atoms with Crippen LogP contribution in [0, 0.1) is 6.92 Å². The molecule has 0 aliphatic rings. The Bertz CT molecular complexity index is 726. The summed E-state index contributed by atoms with van der Waals surface area (Å²) in [6.45, 7) is 3.75. The summed E-state index contributed by atoms with van der Waals surface area (Å²) in [6.07, 6.45) is 0. The van der Waals surface area contributed by atoms with Crippen LogP contribution >= 0.6 is 0 Å². The van der Waals surface area contributed by atoms with Crippen molar-refractivity contribution >= 4 is 23.3 Å². The molecule has 0 atom stereocenters. The van der Waals surface area contributed by atoms with Crippen LogP contribution in [0.5, 0.6) is 5.75 Å². The van der Waals surface area contributed by atoms with E-state index in [1.807, 2.05) is 31.2 Å². The predicted molar refractivity (Wildman–Crippen MR) is 92.1 cm³/mol. The number of aryl methyl sites for hydroxylation is 1. The van der Waals surface area contributed by atoms with Crippen molar-refractivity contribution < 1.29 is 19.1 Å². The first-order chi connectivity index (χ1) is 11.5. The highest BCUT2D eigenvalue weighted by Crippen LogP contribution is 2.23. The van der Waals surface area contributed by atoms with Crippen LogP contribution in [0.2, 0.25) is 0 Å². The number of nitrogens with two attached hydrogens (primary N) is 1. The van der Waals surface area contributed by atoms with E-state index >= 15 is 0 Å². The van der Waals surface area contributed by atoms with Gasteiger partial charge < -0.3 is 20.5 Å². The van der Waals surface area contributed by atoms with Gasteiger partial charge in [-0.15, -0.1) is 0 Å². The molecule has 0 unspecified atom stereocenters. The molecule has 6 nitrogen and oxygen atoms in total. The highest BCUT2D eigenvalue weighted by atomic mass is 16.5. The average molecular weight is 328 g/mol. The molecule has 2 rings (SSSR count). The van der Waals surface area contributed by atoms with E-state index in [9.17, 15) is 9.59 Å². The van der Waals surface area contributed by atoms with E-state index in [4.69, 9.17) is 15.2 Å². The third kappa shape index (κ3) is 4.74. The summed E-state index contributed by atoms with van der Waals surface area (Å²) in [5.74, 6) is -0.522. The second-order valence-corrected chi connectivity index (χ2v) is 5.18. The third-order valence-electron chi connectivity index (χ3n) is 3.22. The second-order valence-electron chi connectivity index (χ2n) is 5.18. The molecule has 126 valence electrons. The van der Waals surface area contributed by atoms with Crippen LogP contribution in [0.25, 0.3) is 0 Å². The van der Waals surface area contributed by atoms with Gasteiger partial charge >= 0.3 is 5.97 Å². The zero-order chi connectivity index (χ0) is 17.5. The van der Waals surface area contributed by atoms with Crippen LogP contribution < -0.4 is 15.8 Å². The van der Waals surface area contributed by atoms with Crippen LogP contribution in [0.1, 0.15) is 22.8 Å². The Morgan fingerprint density at radius 3 is 2.50 bits per heavy atom. The number of nitrogens with one attached hydrogen (secondary N) is 1. The van der Waals surface area contributed by atoms with Crippen LogP contribution in [0.3, 0.4) is 0 Å². The summed E-state index contributed by atoms with van der Waals surface area (Å²) in [5, 5.41) is 2.72. The molecule has 6 heteroatoms. The minimum Gasteiger partial charge on any atom is -0.482 e. The molecule has 0 saturated carbocycles. The molecule has 0 saturated heterocycles. The lowest BCUT2D eigenvalue weighted by atomic mass is 10.2.